The Kier molecular flexibility index (Phi) is 8.32. The number of nitrogens with zero attached hydrogens (tertiary/aromatic N) is 7. The molecule has 1 aliphatic carbocycles. The van der Waals surface area contributed by atoms with Crippen LogP contribution in [0.5, 0.6) is 0 Å². The first kappa shape index (κ1) is 31.5. The summed E-state index contributed by atoms with van der Waals surface area (Å²) in [6, 6.07) is 7.15. The number of esters is 1. The fraction of sp³-hybridized carbons (Fsp3) is 0.472. The average molecular weight is 667 g/mol. The van der Waals surface area contributed by atoms with Crippen molar-refractivity contribution in [3.05, 3.63) is 75.9 Å². The highest BCUT2D eigenvalue weighted by atomic mass is 16.5. The third-order valence-electron chi connectivity index (χ3n) is 10.5. The number of piperidine rings is 1. The molecule has 1 amide bonds. The predicted molar refractivity (Wildman–Crippen MR) is 183 cm³/mol. The molecule has 2 saturated heterocycles. The number of rotatable bonds is 8. The standard InChI is InChI=1S/C36H42N8O5/c1-23(45)49-22-27-34(44-19-18-41-28-8-4-3-7-24(28)21-29(41)35(44)47)25(12-14-37-27)33-26(10-11-31(46)40(33)2)39-36-38-15-17-43(36)30-9-5-6-16-42(30)32-13-20-48-32/h10-12,14-15,17,21,30,32H,3-9,13,16,18-20,22H2,1-2H3,(H,38,39). The molecule has 13 heteroatoms. The minimum atomic E-state index is -0.449. The Morgan fingerprint density at radius 3 is 2.69 bits per heavy atom. The molecule has 4 aromatic heterocycles. The van der Waals surface area contributed by atoms with E-state index in [2.05, 4.69) is 24.3 Å². The van der Waals surface area contributed by atoms with Gasteiger partial charge < -0.3 is 33.4 Å². The summed E-state index contributed by atoms with van der Waals surface area (Å²) in [5, 5.41) is 3.55. The van der Waals surface area contributed by atoms with Crippen molar-refractivity contribution in [2.24, 2.45) is 7.05 Å². The number of imidazole rings is 1. The SMILES string of the molecule is CC(=O)OCc1nccc(-c2c(Nc3nccn3C3CCCCN3C3CCO3)ccc(=O)n2C)c1N1CCn2c(cc3c2CCCC3)C1=O. The first-order chi connectivity index (χ1) is 23.9. The second-order valence-corrected chi connectivity index (χ2v) is 13.4. The zero-order valence-corrected chi connectivity index (χ0v) is 28.1. The second-order valence-electron chi connectivity index (χ2n) is 13.4. The minimum absolute atomic E-state index is 0.0832. The van der Waals surface area contributed by atoms with Gasteiger partial charge >= 0.3 is 5.97 Å². The Hall–Kier alpha value is -4.75. The summed E-state index contributed by atoms with van der Waals surface area (Å²) in [6.07, 6.45) is 14.0. The van der Waals surface area contributed by atoms with Gasteiger partial charge in [0, 0.05) is 75.9 Å². The van der Waals surface area contributed by atoms with E-state index in [9.17, 15) is 14.4 Å². The Morgan fingerprint density at radius 1 is 1.02 bits per heavy atom. The van der Waals surface area contributed by atoms with Gasteiger partial charge in [-0.05, 0) is 68.7 Å². The summed E-state index contributed by atoms with van der Waals surface area (Å²) in [6.45, 7) is 4.02. The molecule has 7 heterocycles. The van der Waals surface area contributed by atoms with Gasteiger partial charge in [-0.2, -0.15) is 0 Å². The van der Waals surface area contributed by atoms with Crippen LogP contribution < -0.4 is 15.8 Å². The Labute approximate surface area is 284 Å². The lowest BCUT2D eigenvalue weighted by molar-refractivity contribution is -0.176. The van der Waals surface area contributed by atoms with Crippen molar-refractivity contribution >= 4 is 29.2 Å². The molecule has 0 saturated carbocycles. The van der Waals surface area contributed by atoms with Crippen molar-refractivity contribution in [2.45, 2.75) is 83.8 Å². The van der Waals surface area contributed by atoms with Gasteiger partial charge in [0.15, 0.2) is 0 Å². The van der Waals surface area contributed by atoms with Crippen LogP contribution in [-0.4, -0.2) is 66.4 Å². The van der Waals surface area contributed by atoms with Crippen molar-refractivity contribution in [1.29, 1.82) is 0 Å². The smallest absolute Gasteiger partial charge is 0.303 e. The van der Waals surface area contributed by atoms with E-state index in [0.29, 0.717) is 53.1 Å². The van der Waals surface area contributed by atoms with E-state index in [1.807, 2.05) is 18.3 Å². The molecule has 4 aromatic rings. The third kappa shape index (κ3) is 5.64. The number of anilines is 3. The maximum atomic E-state index is 14.4. The van der Waals surface area contributed by atoms with Gasteiger partial charge in [0.05, 0.1) is 29.8 Å². The molecule has 0 radical (unpaired) electrons. The van der Waals surface area contributed by atoms with Gasteiger partial charge in [-0.25, -0.2) is 4.98 Å². The Balaban J connectivity index is 1.22. The number of hydrogen-bond acceptors (Lipinski definition) is 9. The molecule has 13 nitrogen and oxygen atoms in total. The van der Waals surface area contributed by atoms with Crippen LogP contribution in [0, 0.1) is 0 Å². The topological polar surface area (TPSA) is 129 Å². The fourth-order valence-corrected chi connectivity index (χ4v) is 8.01. The monoisotopic (exact) mass is 666 g/mol. The first-order valence-electron chi connectivity index (χ1n) is 17.4. The fourth-order valence-electron chi connectivity index (χ4n) is 8.01. The Morgan fingerprint density at radius 2 is 1.88 bits per heavy atom. The van der Waals surface area contributed by atoms with Crippen LogP contribution in [0.25, 0.3) is 11.3 Å². The van der Waals surface area contributed by atoms with Crippen molar-refractivity contribution in [2.75, 3.05) is 29.9 Å². The number of fused-ring (bicyclic) bond motifs is 3. The van der Waals surface area contributed by atoms with Gasteiger partial charge in [-0.1, -0.05) is 0 Å². The van der Waals surface area contributed by atoms with E-state index >= 15 is 0 Å². The van der Waals surface area contributed by atoms with Gasteiger partial charge in [0.2, 0.25) is 5.95 Å². The zero-order chi connectivity index (χ0) is 33.6. The van der Waals surface area contributed by atoms with Crippen LogP contribution in [0.15, 0.2) is 47.7 Å². The van der Waals surface area contributed by atoms with E-state index in [1.54, 1.807) is 35.0 Å². The molecular weight excluding hydrogens is 624 g/mol. The normalized spacial score (nSPS) is 20.8. The van der Waals surface area contributed by atoms with Gasteiger partial charge in [-0.3, -0.25) is 24.3 Å². The number of likely N-dealkylation sites (tertiary alicyclic amines) is 1. The first-order valence-corrected chi connectivity index (χ1v) is 17.4. The van der Waals surface area contributed by atoms with Crippen LogP contribution in [0.3, 0.4) is 0 Å². The van der Waals surface area contributed by atoms with E-state index < -0.39 is 5.97 Å². The highest BCUT2D eigenvalue weighted by molar-refractivity contribution is 6.09. The van der Waals surface area contributed by atoms with Crippen molar-refractivity contribution in [1.82, 2.24) is 28.6 Å². The van der Waals surface area contributed by atoms with E-state index in [-0.39, 0.29) is 30.5 Å². The highest BCUT2D eigenvalue weighted by Gasteiger charge is 2.36. The number of hydrogen-bond donors (Lipinski definition) is 1. The lowest BCUT2D eigenvalue weighted by Crippen LogP contribution is -2.49. The lowest BCUT2D eigenvalue weighted by atomic mass is 9.98. The summed E-state index contributed by atoms with van der Waals surface area (Å²) in [5.41, 5.74) is 5.75. The Bertz CT molecular complexity index is 1970. The average Bonchev–Trinajstić information content (AvgIpc) is 3.70. The molecule has 0 bridgehead atoms. The summed E-state index contributed by atoms with van der Waals surface area (Å²) in [5.74, 6) is 0.0555. The molecule has 4 aliphatic rings. The lowest BCUT2D eigenvalue weighted by Gasteiger charge is -2.45. The zero-order valence-electron chi connectivity index (χ0n) is 28.1. The number of carbonyl (C=O) groups excluding carboxylic acids is 2. The van der Waals surface area contributed by atoms with Crippen LogP contribution in [-0.2, 0) is 47.3 Å². The quantitative estimate of drug-likeness (QED) is 0.270. The number of amides is 1. The summed E-state index contributed by atoms with van der Waals surface area (Å²) in [7, 11) is 1.72. The molecule has 0 aromatic carbocycles. The molecular formula is C36H42N8O5. The molecule has 8 rings (SSSR count). The molecule has 3 aliphatic heterocycles. The van der Waals surface area contributed by atoms with Gasteiger partial charge in [0.25, 0.3) is 11.5 Å². The van der Waals surface area contributed by atoms with E-state index in [4.69, 9.17) is 14.5 Å². The van der Waals surface area contributed by atoms with Crippen LogP contribution in [0.2, 0.25) is 0 Å². The summed E-state index contributed by atoms with van der Waals surface area (Å²) < 4.78 is 17.3. The predicted octanol–water partition coefficient (Wildman–Crippen LogP) is 4.52. The number of ether oxygens (including phenoxy) is 2. The molecule has 0 spiro atoms. The highest BCUT2D eigenvalue weighted by Crippen LogP contribution is 2.41. The number of carbonyl (C=O) groups is 2. The molecule has 2 atom stereocenters. The summed E-state index contributed by atoms with van der Waals surface area (Å²) in [4.78, 5) is 53.1. The van der Waals surface area contributed by atoms with Gasteiger partial charge in [-0.15, -0.1) is 0 Å². The molecule has 49 heavy (non-hydrogen) atoms. The van der Waals surface area contributed by atoms with Crippen LogP contribution in [0.4, 0.5) is 17.3 Å². The minimum Gasteiger partial charge on any atom is -0.459 e. The molecule has 2 fully saturated rings. The van der Waals surface area contributed by atoms with Crippen LogP contribution >= 0.6 is 0 Å². The van der Waals surface area contributed by atoms with Gasteiger partial charge in [0.1, 0.15) is 24.2 Å². The molecule has 256 valence electrons. The number of aryl methyl sites for hydroxylation is 1. The molecule has 2 unspecified atom stereocenters. The van der Waals surface area contributed by atoms with E-state index in [1.165, 1.54) is 24.2 Å². The van der Waals surface area contributed by atoms with Crippen molar-refractivity contribution in [3.8, 4) is 11.3 Å². The number of pyridine rings is 2. The maximum Gasteiger partial charge on any atom is 0.303 e. The summed E-state index contributed by atoms with van der Waals surface area (Å²) >= 11 is 0. The van der Waals surface area contributed by atoms with Crippen molar-refractivity contribution < 1.29 is 19.1 Å². The molecule has 1 N–H and O–H groups in total. The number of nitrogens with one attached hydrogen (secondary N) is 1. The van der Waals surface area contributed by atoms with Crippen molar-refractivity contribution in [3.63, 3.8) is 0 Å². The third-order valence-corrected chi connectivity index (χ3v) is 10.5. The van der Waals surface area contributed by atoms with Crippen LogP contribution in [0.1, 0.15) is 79.1 Å². The second kappa shape index (κ2) is 12.9. The van der Waals surface area contributed by atoms with E-state index in [0.717, 1.165) is 64.5 Å². The largest absolute Gasteiger partial charge is 0.459 e. The maximum absolute atomic E-state index is 14.4. The number of aromatic nitrogens is 5.